The fourth-order valence-corrected chi connectivity index (χ4v) is 3.72. The fourth-order valence-electron chi connectivity index (χ4n) is 3.72. The van der Waals surface area contributed by atoms with E-state index in [1.54, 1.807) is 0 Å². The lowest BCUT2D eigenvalue weighted by atomic mass is 9.79. The first-order valence-electron chi connectivity index (χ1n) is 7.76. The zero-order valence-electron chi connectivity index (χ0n) is 13.9. The van der Waals surface area contributed by atoms with Crippen LogP contribution in [-0.4, -0.2) is 17.1 Å². The molecule has 0 aliphatic carbocycles. The molecule has 1 aromatic carbocycles. The molecule has 1 saturated heterocycles. The third-order valence-electron chi connectivity index (χ3n) is 4.49. The van der Waals surface area contributed by atoms with Crippen molar-refractivity contribution in [2.45, 2.75) is 78.0 Å². The molecular formula is C18H30N2. The maximum absolute atomic E-state index is 3.78. The first kappa shape index (κ1) is 15.5. The van der Waals surface area contributed by atoms with Crippen LogP contribution in [-0.2, 0) is 6.54 Å². The van der Waals surface area contributed by atoms with Crippen molar-refractivity contribution in [3.63, 3.8) is 0 Å². The van der Waals surface area contributed by atoms with Gasteiger partial charge in [0, 0.05) is 23.7 Å². The molecule has 20 heavy (non-hydrogen) atoms. The van der Waals surface area contributed by atoms with Crippen molar-refractivity contribution >= 4 is 0 Å². The standard InChI is InChI=1S/C18H30N2/c1-13-8-7-9-15(14(13)2)12-19-16-10-17(3,4)20-18(5,6)11-16/h7-9,16,19-20H,10-12H2,1-6H3. The molecular weight excluding hydrogens is 244 g/mol. The Morgan fingerprint density at radius 3 is 2.30 bits per heavy atom. The molecule has 0 spiro atoms. The second-order valence-electron chi connectivity index (χ2n) is 7.74. The van der Waals surface area contributed by atoms with Crippen molar-refractivity contribution in [3.05, 3.63) is 34.9 Å². The Hall–Kier alpha value is -0.860. The van der Waals surface area contributed by atoms with E-state index in [-0.39, 0.29) is 11.1 Å². The van der Waals surface area contributed by atoms with Gasteiger partial charge in [0.1, 0.15) is 0 Å². The maximum Gasteiger partial charge on any atom is 0.0210 e. The number of nitrogens with one attached hydrogen (secondary N) is 2. The molecule has 0 amide bonds. The van der Waals surface area contributed by atoms with Crippen molar-refractivity contribution in [1.29, 1.82) is 0 Å². The van der Waals surface area contributed by atoms with E-state index in [0.29, 0.717) is 6.04 Å². The summed E-state index contributed by atoms with van der Waals surface area (Å²) in [4.78, 5) is 0. The molecule has 0 unspecified atom stereocenters. The smallest absolute Gasteiger partial charge is 0.0210 e. The molecule has 1 aromatic rings. The van der Waals surface area contributed by atoms with E-state index in [1.165, 1.54) is 29.5 Å². The molecule has 0 aromatic heterocycles. The first-order chi connectivity index (χ1) is 9.19. The van der Waals surface area contributed by atoms with Crippen LogP contribution in [0.3, 0.4) is 0 Å². The van der Waals surface area contributed by atoms with E-state index in [2.05, 4.69) is 70.4 Å². The highest BCUT2D eigenvalue weighted by Gasteiger charge is 2.37. The minimum absolute atomic E-state index is 0.209. The highest BCUT2D eigenvalue weighted by Crippen LogP contribution is 2.28. The quantitative estimate of drug-likeness (QED) is 0.878. The summed E-state index contributed by atoms with van der Waals surface area (Å²) in [6, 6.07) is 7.18. The molecule has 2 rings (SSSR count). The molecule has 1 heterocycles. The molecule has 0 saturated carbocycles. The van der Waals surface area contributed by atoms with Crippen LogP contribution in [0.5, 0.6) is 0 Å². The van der Waals surface area contributed by atoms with Crippen LogP contribution in [0, 0.1) is 13.8 Å². The average Bonchev–Trinajstić information content (AvgIpc) is 2.27. The minimum atomic E-state index is 0.209. The van der Waals surface area contributed by atoms with E-state index in [0.717, 1.165) is 6.54 Å². The van der Waals surface area contributed by atoms with Gasteiger partial charge in [0.05, 0.1) is 0 Å². The van der Waals surface area contributed by atoms with Gasteiger partial charge in [-0.3, -0.25) is 0 Å². The van der Waals surface area contributed by atoms with Gasteiger partial charge in [0.25, 0.3) is 0 Å². The first-order valence-corrected chi connectivity index (χ1v) is 7.76. The topological polar surface area (TPSA) is 24.1 Å². The lowest BCUT2D eigenvalue weighted by Gasteiger charge is -2.46. The van der Waals surface area contributed by atoms with Crippen molar-refractivity contribution in [3.8, 4) is 0 Å². The molecule has 0 atom stereocenters. The van der Waals surface area contributed by atoms with E-state index in [4.69, 9.17) is 0 Å². The van der Waals surface area contributed by atoms with E-state index in [1.807, 2.05) is 0 Å². The van der Waals surface area contributed by atoms with Crippen LogP contribution in [0.15, 0.2) is 18.2 Å². The fraction of sp³-hybridized carbons (Fsp3) is 0.667. The second-order valence-corrected chi connectivity index (χ2v) is 7.74. The average molecular weight is 274 g/mol. The molecule has 2 N–H and O–H groups in total. The summed E-state index contributed by atoms with van der Waals surface area (Å²) >= 11 is 0. The molecule has 2 heteroatoms. The van der Waals surface area contributed by atoms with E-state index < -0.39 is 0 Å². The highest BCUT2D eigenvalue weighted by molar-refractivity contribution is 5.33. The molecule has 0 bridgehead atoms. The summed E-state index contributed by atoms with van der Waals surface area (Å²) in [5.41, 5.74) is 4.66. The zero-order valence-corrected chi connectivity index (χ0v) is 13.9. The molecule has 112 valence electrons. The van der Waals surface area contributed by atoms with Crippen molar-refractivity contribution in [2.24, 2.45) is 0 Å². The monoisotopic (exact) mass is 274 g/mol. The van der Waals surface area contributed by atoms with Gasteiger partial charge in [0.2, 0.25) is 0 Å². The molecule has 1 fully saturated rings. The van der Waals surface area contributed by atoms with Gasteiger partial charge in [0.15, 0.2) is 0 Å². The second kappa shape index (κ2) is 5.50. The van der Waals surface area contributed by atoms with Crippen LogP contribution in [0.4, 0.5) is 0 Å². The summed E-state index contributed by atoms with van der Waals surface area (Å²) in [7, 11) is 0. The maximum atomic E-state index is 3.78. The molecule has 0 radical (unpaired) electrons. The van der Waals surface area contributed by atoms with Crippen LogP contribution in [0.25, 0.3) is 0 Å². The number of rotatable bonds is 3. The van der Waals surface area contributed by atoms with Gasteiger partial charge in [-0.15, -0.1) is 0 Å². The zero-order chi connectivity index (χ0) is 15.0. The van der Waals surface area contributed by atoms with Gasteiger partial charge in [-0.2, -0.15) is 0 Å². The Bertz CT molecular complexity index is 458. The van der Waals surface area contributed by atoms with Gasteiger partial charge >= 0.3 is 0 Å². The predicted octanol–water partition coefficient (Wildman–Crippen LogP) is 3.70. The number of piperidine rings is 1. The van der Waals surface area contributed by atoms with Crippen LogP contribution in [0.2, 0.25) is 0 Å². The summed E-state index contributed by atoms with van der Waals surface area (Å²) < 4.78 is 0. The van der Waals surface area contributed by atoms with Gasteiger partial charge in [-0.1, -0.05) is 18.2 Å². The largest absolute Gasteiger partial charge is 0.310 e. The third-order valence-corrected chi connectivity index (χ3v) is 4.49. The van der Waals surface area contributed by atoms with Gasteiger partial charge in [-0.25, -0.2) is 0 Å². The predicted molar refractivity (Wildman–Crippen MR) is 87.1 cm³/mol. The van der Waals surface area contributed by atoms with Crippen molar-refractivity contribution < 1.29 is 0 Å². The molecule has 2 nitrogen and oxygen atoms in total. The van der Waals surface area contributed by atoms with Gasteiger partial charge in [-0.05, 0) is 71.1 Å². The summed E-state index contributed by atoms with van der Waals surface area (Å²) in [6.07, 6.45) is 2.36. The lowest BCUT2D eigenvalue weighted by molar-refractivity contribution is 0.145. The number of hydrogen-bond donors (Lipinski definition) is 2. The minimum Gasteiger partial charge on any atom is -0.310 e. The number of hydrogen-bond acceptors (Lipinski definition) is 2. The van der Waals surface area contributed by atoms with E-state index >= 15 is 0 Å². The lowest BCUT2D eigenvalue weighted by Crippen LogP contribution is -2.61. The summed E-state index contributed by atoms with van der Waals surface area (Å²) in [6.45, 7) is 14.6. The Balaban J connectivity index is 2.02. The number of benzene rings is 1. The van der Waals surface area contributed by atoms with Crippen LogP contribution < -0.4 is 10.6 Å². The Morgan fingerprint density at radius 1 is 1.10 bits per heavy atom. The Labute approximate surface area is 124 Å². The van der Waals surface area contributed by atoms with Crippen LogP contribution in [0.1, 0.15) is 57.2 Å². The van der Waals surface area contributed by atoms with Crippen molar-refractivity contribution in [2.75, 3.05) is 0 Å². The highest BCUT2D eigenvalue weighted by atomic mass is 15.1. The normalized spacial score (nSPS) is 21.9. The van der Waals surface area contributed by atoms with Crippen LogP contribution >= 0.6 is 0 Å². The molecule has 1 aliphatic rings. The SMILES string of the molecule is Cc1cccc(CNC2CC(C)(C)NC(C)(C)C2)c1C. The number of aryl methyl sites for hydroxylation is 1. The van der Waals surface area contributed by atoms with Gasteiger partial charge < -0.3 is 10.6 Å². The summed E-state index contributed by atoms with van der Waals surface area (Å²) in [5.74, 6) is 0. The molecule has 1 aliphatic heterocycles. The summed E-state index contributed by atoms with van der Waals surface area (Å²) in [5, 5.41) is 7.52. The Kier molecular flexibility index (Phi) is 4.27. The Morgan fingerprint density at radius 2 is 1.70 bits per heavy atom. The third kappa shape index (κ3) is 3.83. The van der Waals surface area contributed by atoms with E-state index in [9.17, 15) is 0 Å². The van der Waals surface area contributed by atoms with Crippen molar-refractivity contribution in [1.82, 2.24) is 10.6 Å².